The quantitative estimate of drug-likeness (QED) is 0.258. The van der Waals surface area contributed by atoms with Crippen LogP contribution in [-0.4, -0.2) is 0 Å². The highest BCUT2D eigenvalue weighted by Gasteiger charge is 2.09. The van der Waals surface area contributed by atoms with Gasteiger partial charge in [0.05, 0.1) is 12.1 Å². The van der Waals surface area contributed by atoms with E-state index in [9.17, 15) is 0 Å². The summed E-state index contributed by atoms with van der Waals surface area (Å²) in [5, 5.41) is 17.3. The number of nitrogens with zero attached hydrogens (tertiary/aromatic N) is 2. The van der Waals surface area contributed by atoms with Gasteiger partial charge in [-0.15, -0.1) is 24.7 Å². The lowest BCUT2D eigenvalue weighted by atomic mass is 9.93. The second kappa shape index (κ2) is 20.9. The Balaban J connectivity index is -0.000000211. The molecule has 0 aromatic rings. The lowest BCUT2D eigenvalue weighted by molar-refractivity contribution is 0.503. The van der Waals surface area contributed by atoms with Gasteiger partial charge in [0.1, 0.15) is 0 Å². The fraction of sp³-hybridized carbons (Fsp3) is 0.615. The average molecular weight is 383 g/mol. The average Bonchev–Trinajstić information content (AvgIpc) is 2.72. The van der Waals surface area contributed by atoms with Crippen LogP contribution in [0.25, 0.3) is 0 Å². The van der Waals surface area contributed by atoms with E-state index in [1.807, 2.05) is 13.8 Å². The minimum atomic E-state index is 0. The monoisotopic (exact) mass is 382 g/mol. The van der Waals surface area contributed by atoms with E-state index in [0.717, 1.165) is 51.4 Å². The molecule has 0 aromatic heterocycles. The number of hydrogen-bond acceptors (Lipinski definition) is 2. The molecule has 0 rings (SSSR count). The van der Waals surface area contributed by atoms with Crippen molar-refractivity contribution in [2.75, 3.05) is 0 Å². The van der Waals surface area contributed by atoms with Gasteiger partial charge in [-0.2, -0.15) is 10.5 Å². The molecule has 0 aromatic carbocycles. The van der Waals surface area contributed by atoms with Crippen molar-refractivity contribution < 1.29 is 2.85 Å². The standard InChI is InChI=1S/2C13H19N.2H2/c2*1-4-6-7-8-9-13(5-2)10-12(3)11-14;;/h2*2,6-7,12-13H,4,8-10H2,1,3H3;2*1H. The molecule has 0 aliphatic carbocycles. The first-order valence-electron chi connectivity index (χ1n) is 10.5. The summed E-state index contributed by atoms with van der Waals surface area (Å²) in [4.78, 5) is 0. The molecule has 4 atom stereocenters. The molecule has 0 fully saturated rings. The molecule has 0 N–H and O–H groups in total. The first kappa shape index (κ1) is 27.8. The third-order valence-electron chi connectivity index (χ3n) is 4.36. The van der Waals surface area contributed by atoms with Crippen LogP contribution >= 0.6 is 0 Å². The maximum Gasteiger partial charge on any atom is 0.0653 e. The van der Waals surface area contributed by atoms with Crippen LogP contribution in [0.2, 0.25) is 0 Å². The molecule has 2 nitrogen and oxygen atoms in total. The molecule has 2 heteroatoms. The Morgan fingerprint density at radius 2 is 1.11 bits per heavy atom. The lowest BCUT2D eigenvalue weighted by Gasteiger charge is -2.09. The van der Waals surface area contributed by atoms with E-state index in [1.54, 1.807) is 0 Å². The molecule has 28 heavy (non-hydrogen) atoms. The van der Waals surface area contributed by atoms with Crippen molar-refractivity contribution in [2.45, 2.75) is 79.1 Å². The van der Waals surface area contributed by atoms with Gasteiger partial charge in [0.15, 0.2) is 0 Å². The molecule has 0 saturated heterocycles. The zero-order valence-electron chi connectivity index (χ0n) is 18.3. The van der Waals surface area contributed by atoms with E-state index < -0.39 is 0 Å². The highest BCUT2D eigenvalue weighted by molar-refractivity contribution is 4.98. The van der Waals surface area contributed by atoms with Gasteiger partial charge in [0, 0.05) is 26.5 Å². The molecule has 0 radical (unpaired) electrons. The van der Waals surface area contributed by atoms with Gasteiger partial charge in [-0.3, -0.25) is 0 Å². The summed E-state index contributed by atoms with van der Waals surface area (Å²) in [6, 6.07) is 4.44. The van der Waals surface area contributed by atoms with Crippen LogP contribution in [0.3, 0.4) is 0 Å². The Hall–Kier alpha value is -2.42. The summed E-state index contributed by atoms with van der Waals surface area (Å²) in [5.41, 5.74) is 0. The van der Waals surface area contributed by atoms with Crippen molar-refractivity contribution in [1.29, 1.82) is 10.5 Å². The van der Waals surface area contributed by atoms with Crippen LogP contribution in [0.5, 0.6) is 0 Å². The zero-order valence-corrected chi connectivity index (χ0v) is 18.3. The fourth-order valence-corrected chi connectivity index (χ4v) is 2.66. The number of terminal acetylenes is 2. The zero-order chi connectivity index (χ0) is 21.6. The molecule has 0 heterocycles. The van der Waals surface area contributed by atoms with Crippen LogP contribution in [0.1, 0.15) is 81.9 Å². The summed E-state index contributed by atoms with van der Waals surface area (Å²) >= 11 is 0. The van der Waals surface area contributed by atoms with Crippen molar-refractivity contribution in [3.63, 3.8) is 0 Å². The van der Waals surface area contributed by atoms with E-state index in [1.165, 1.54) is 0 Å². The van der Waals surface area contributed by atoms with Crippen molar-refractivity contribution in [3.05, 3.63) is 24.3 Å². The van der Waals surface area contributed by atoms with Crippen molar-refractivity contribution >= 4 is 0 Å². The molecule has 0 bridgehead atoms. The number of nitriles is 2. The summed E-state index contributed by atoms with van der Waals surface area (Å²) in [6.07, 6.45) is 27.3. The van der Waals surface area contributed by atoms with Crippen LogP contribution in [-0.2, 0) is 0 Å². The van der Waals surface area contributed by atoms with Gasteiger partial charge in [0.25, 0.3) is 0 Å². The minimum absolute atomic E-state index is 0. The van der Waals surface area contributed by atoms with Gasteiger partial charge in [-0.25, -0.2) is 0 Å². The predicted octanol–water partition coefficient (Wildman–Crippen LogP) is 7.56. The van der Waals surface area contributed by atoms with E-state index >= 15 is 0 Å². The largest absolute Gasteiger partial charge is 0.198 e. The molecule has 0 aliphatic rings. The van der Waals surface area contributed by atoms with Gasteiger partial charge in [-0.05, 0) is 65.2 Å². The first-order chi connectivity index (χ1) is 13.5. The normalized spacial score (nSPS) is 14.6. The summed E-state index contributed by atoms with van der Waals surface area (Å²) < 4.78 is 0. The summed E-state index contributed by atoms with van der Waals surface area (Å²) in [7, 11) is 0. The highest BCUT2D eigenvalue weighted by Crippen LogP contribution is 2.17. The van der Waals surface area contributed by atoms with Crippen LogP contribution in [0.15, 0.2) is 24.3 Å². The highest BCUT2D eigenvalue weighted by atomic mass is 14.3. The Morgan fingerprint density at radius 1 is 0.750 bits per heavy atom. The van der Waals surface area contributed by atoms with Crippen LogP contribution in [0.4, 0.5) is 0 Å². The van der Waals surface area contributed by atoms with Crippen LogP contribution < -0.4 is 0 Å². The molecular formula is C26H42N2. The first-order valence-corrected chi connectivity index (χ1v) is 10.5. The van der Waals surface area contributed by atoms with Gasteiger partial charge < -0.3 is 0 Å². The van der Waals surface area contributed by atoms with Crippen molar-refractivity contribution in [3.8, 4) is 36.8 Å². The SMILES string of the molecule is C#CC(CCC=CCC)CC(C)C#N.C#CC(CCC=CCC)CC(C)C#N.[HH].[HH]. The van der Waals surface area contributed by atoms with Crippen molar-refractivity contribution in [2.24, 2.45) is 23.7 Å². The Morgan fingerprint density at radius 3 is 1.36 bits per heavy atom. The van der Waals surface area contributed by atoms with Gasteiger partial charge in [0.2, 0.25) is 0 Å². The molecule has 4 unspecified atom stereocenters. The summed E-state index contributed by atoms with van der Waals surface area (Å²) in [5.74, 6) is 6.18. The van der Waals surface area contributed by atoms with Crippen molar-refractivity contribution in [1.82, 2.24) is 0 Å². The smallest absolute Gasteiger partial charge is 0.0653 e. The van der Waals surface area contributed by atoms with E-state index in [0.29, 0.717) is 0 Å². The minimum Gasteiger partial charge on any atom is -0.198 e. The Kier molecular flexibility index (Phi) is 20.7. The molecular weight excluding hydrogens is 340 g/mol. The molecule has 0 amide bonds. The summed E-state index contributed by atoms with van der Waals surface area (Å²) in [6.45, 7) is 8.08. The Bertz CT molecular complexity index is 542. The Labute approximate surface area is 177 Å². The second-order valence-corrected chi connectivity index (χ2v) is 7.17. The van der Waals surface area contributed by atoms with E-state index in [2.05, 4.69) is 62.1 Å². The van der Waals surface area contributed by atoms with E-state index in [4.69, 9.17) is 23.4 Å². The maximum absolute atomic E-state index is 8.66. The topological polar surface area (TPSA) is 47.6 Å². The third-order valence-corrected chi connectivity index (χ3v) is 4.36. The second-order valence-electron chi connectivity index (χ2n) is 7.17. The van der Waals surface area contributed by atoms with E-state index in [-0.39, 0.29) is 26.5 Å². The molecule has 0 spiro atoms. The van der Waals surface area contributed by atoms with Gasteiger partial charge >= 0.3 is 0 Å². The maximum atomic E-state index is 8.66. The third kappa shape index (κ3) is 18.4. The number of rotatable bonds is 12. The predicted molar refractivity (Wildman–Crippen MR) is 125 cm³/mol. The van der Waals surface area contributed by atoms with Crippen LogP contribution in [0, 0.1) is 71.0 Å². The fourth-order valence-electron chi connectivity index (χ4n) is 2.66. The molecule has 0 saturated carbocycles. The lowest BCUT2D eigenvalue weighted by Crippen LogP contribution is -2.02. The van der Waals surface area contributed by atoms with Gasteiger partial charge in [-0.1, -0.05) is 38.2 Å². The molecule has 0 aliphatic heterocycles. The molecule has 156 valence electrons. The number of allylic oxidation sites excluding steroid dienone is 4. The number of hydrogen-bond donors (Lipinski definition) is 0.